The molecule has 0 fully saturated rings. The van der Waals surface area contributed by atoms with Gasteiger partial charge in [0.1, 0.15) is 17.9 Å². The molecule has 0 aromatic heterocycles. The summed E-state index contributed by atoms with van der Waals surface area (Å²) in [5.41, 5.74) is 5.14. The van der Waals surface area contributed by atoms with Gasteiger partial charge in [-0.1, -0.05) is 133 Å². The summed E-state index contributed by atoms with van der Waals surface area (Å²) in [7, 11) is 0. The van der Waals surface area contributed by atoms with Crippen molar-refractivity contribution in [2.24, 2.45) is 4.99 Å². The molecular formula is C41H36IN3O4S. The van der Waals surface area contributed by atoms with E-state index in [0.29, 0.717) is 23.6 Å². The van der Waals surface area contributed by atoms with Gasteiger partial charge in [-0.2, -0.15) is 4.99 Å². The highest BCUT2D eigenvalue weighted by Crippen LogP contribution is 2.29. The summed E-state index contributed by atoms with van der Waals surface area (Å²) in [6.07, 6.45) is 8.27. The molecule has 50 heavy (non-hydrogen) atoms. The number of nitrogens with one attached hydrogen (secondary N) is 1. The number of nitrogens with zero attached hydrogens (tertiary/aromatic N) is 2. The number of benzene rings is 4. The number of hydrogen-bond donors (Lipinski definition) is 1. The fourth-order valence-corrected chi connectivity index (χ4v) is 6.63. The van der Waals surface area contributed by atoms with Crippen LogP contribution in [0.3, 0.4) is 0 Å². The van der Waals surface area contributed by atoms with Crippen molar-refractivity contribution in [2.75, 3.05) is 5.75 Å². The minimum Gasteiger partial charge on any atom is -0.488 e. The first-order chi connectivity index (χ1) is 24.3. The molecule has 0 saturated carbocycles. The first-order valence-electron chi connectivity index (χ1n) is 15.9. The molecule has 0 aliphatic carbocycles. The number of amidine groups is 1. The van der Waals surface area contributed by atoms with E-state index in [1.165, 1.54) is 16.5 Å². The molecule has 5 rings (SSSR count). The van der Waals surface area contributed by atoms with E-state index in [1.807, 2.05) is 104 Å². The van der Waals surface area contributed by atoms with Crippen molar-refractivity contribution in [1.29, 1.82) is 0 Å². The molecule has 4 aromatic carbocycles. The van der Waals surface area contributed by atoms with E-state index < -0.39 is 11.8 Å². The fourth-order valence-electron chi connectivity index (χ4n) is 5.13. The van der Waals surface area contributed by atoms with Gasteiger partial charge in [-0.15, -0.1) is 0 Å². The molecular weight excluding hydrogens is 757 g/mol. The van der Waals surface area contributed by atoms with Gasteiger partial charge < -0.3 is 10.1 Å². The van der Waals surface area contributed by atoms with Crippen LogP contribution in [-0.4, -0.2) is 33.5 Å². The zero-order valence-corrected chi connectivity index (χ0v) is 30.7. The average Bonchev–Trinajstić information content (AvgIpc) is 3.13. The maximum absolute atomic E-state index is 14.1. The van der Waals surface area contributed by atoms with Crippen LogP contribution in [0.4, 0.5) is 0 Å². The Hall–Kier alpha value is -5.00. The maximum Gasteiger partial charge on any atom is 0.285 e. The molecule has 0 radical (unpaired) electrons. The number of carbonyl (C=O) groups is 3. The molecule has 0 saturated heterocycles. The number of rotatable bonds is 12. The minimum atomic E-state index is -0.682. The minimum absolute atomic E-state index is 0.0739. The number of carbonyl (C=O) groups excluding carboxylic acids is 3. The number of amides is 3. The van der Waals surface area contributed by atoms with Gasteiger partial charge in [-0.3, -0.25) is 19.3 Å². The Morgan fingerprint density at radius 1 is 0.980 bits per heavy atom. The number of hydrogen-bond acceptors (Lipinski definition) is 5. The van der Waals surface area contributed by atoms with Crippen LogP contribution in [0, 0.1) is 10.5 Å². The molecule has 7 nitrogen and oxygen atoms in total. The van der Waals surface area contributed by atoms with E-state index in [2.05, 4.69) is 39.5 Å². The zero-order chi connectivity index (χ0) is 35.5. The number of halogens is 1. The predicted molar refractivity (Wildman–Crippen MR) is 210 cm³/mol. The molecule has 252 valence electrons. The molecule has 9 heteroatoms. The van der Waals surface area contributed by atoms with Crippen LogP contribution in [0.1, 0.15) is 40.8 Å². The third kappa shape index (κ3) is 9.36. The quantitative estimate of drug-likeness (QED) is 0.0673. The maximum atomic E-state index is 14.1. The van der Waals surface area contributed by atoms with E-state index in [-0.39, 0.29) is 28.4 Å². The zero-order valence-electron chi connectivity index (χ0n) is 27.7. The lowest BCUT2D eigenvalue weighted by Gasteiger charge is -2.28. The third-order valence-corrected chi connectivity index (χ3v) is 9.48. The normalized spacial score (nSPS) is 14.3. The first-order valence-corrected chi connectivity index (χ1v) is 18.0. The van der Waals surface area contributed by atoms with Crippen LogP contribution in [0.5, 0.6) is 5.75 Å². The lowest BCUT2D eigenvalue weighted by Crippen LogP contribution is -2.42. The molecule has 3 amide bonds. The van der Waals surface area contributed by atoms with Gasteiger partial charge >= 0.3 is 0 Å². The van der Waals surface area contributed by atoms with Crippen molar-refractivity contribution in [3.63, 3.8) is 0 Å². The van der Waals surface area contributed by atoms with Crippen LogP contribution in [0.2, 0.25) is 0 Å². The Morgan fingerprint density at radius 2 is 1.64 bits per heavy atom. The summed E-state index contributed by atoms with van der Waals surface area (Å²) in [6, 6.07) is 32.6. The molecule has 1 aliphatic heterocycles. The Morgan fingerprint density at radius 3 is 2.24 bits per heavy atom. The molecule has 0 unspecified atom stereocenters. The van der Waals surface area contributed by atoms with E-state index in [1.54, 1.807) is 37.3 Å². The second-order valence-electron chi connectivity index (χ2n) is 11.3. The van der Waals surface area contributed by atoms with Crippen molar-refractivity contribution in [2.45, 2.75) is 26.5 Å². The second-order valence-corrected chi connectivity index (χ2v) is 13.4. The standard InChI is InChI=1S/C41H36IN3O4S/c1-4-6-17-33(5-2)45-40(48)34(24-30-22-23-36(35(42)25-30)49-26-29-20-18-28(3)19-21-29)39(47)44-41(45)50-27-37(46)43-38(31-13-9-7-10-14-31)32-15-11-8-12-16-32/h4-25,38H,1,26-27H2,2-3H3,(H,43,46)/b17-6-,33-5+,34-24+. The highest BCUT2D eigenvalue weighted by atomic mass is 127. The van der Waals surface area contributed by atoms with Gasteiger partial charge in [0, 0.05) is 5.70 Å². The topological polar surface area (TPSA) is 88.1 Å². The van der Waals surface area contributed by atoms with E-state index in [4.69, 9.17) is 4.74 Å². The molecule has 0 spiro atoms. The van der Waals surface area contributed by atoms with Gasteiger partial charge in [0.25, 0.3) is 11.8 Å². The van der Waals surface area contributed by atoms with Crippen molar-refractivity contribution in [3.05, 3.63) is 177 Å². The summed E-state index contributed by atoms with van der Waals surface area (Å²) in [4.78, 5) is 46.5. The van der Waals surface area contributed by atoms with Crippen molar-refractivity contribution in [3.8, 4) is 5.75 Å². The van der Waals surface area contributed by atoms with Crippen LogP contribution in [0.15, 0.2) is 150 Å². The fraction of sp³-hybridized carbons (Fsp3) is 0.122. The van der Waals surface area contributed by atoms with Crippen molar-refractivity contribution in [1.82, 2.24) is 10.2 Å². The SMILES string of the molecule is C=C/C=C\C(=C/C)N1C(=O)/C(=C/c2ccc(OCc3ccc(C)cc3)c(I)c2)C(=O)N=C1SCC(=O)NC(c1ccccc1)c1ccccc1. The van der Waals surface area contributed by atoms with E-state index in [0.717, 1.165) is 32.0 Å². The summed E-state index contributed by atoms with van der Waals surface area (Å²) in [5, 5.41) is 3.22. The van der Waals surface area contributed by atoms with Crippen LogP contribution in [-0.2, 0) is 21.0 Å². The Balaban J connectivity index is 1.36. The van der Waals surface area contributed by atoms with E-state index >= 15 is 0 Å². The monoisotopic (exact) mass is 793 g/mol. The second kappa shape index (κ2) is 17.6. The average molecular weight is 794 g/mol. The summed E-state index contributed by atoms with van der Waals surface area (Å²) < 4.78 is 6.86. The highest BCUT2D eigenvalue weighted by molar-refractivity contribution is 14.1. The van der Waals surface area contributed by atoms with E-state index in [9.17, 15) is 14.4 Å². The predicted octanol–water partition coefficient (Wildman–Crippen LogP) is 8.57. The van der Waals surface area contributed by atoms with Crippen LogP contribution < -0.4 is 10.1 Å². The summed E-state index contributed by atoms with van der Waals surface area (Å²) in [5.74, 6) is -0.886. The molecule has 0 atom stereocenters. The Kier molecular flexibility index (Phi) is 12.8. The van der Waals surface area contributed by atoms with Crippen molar-refractivity contribution < 1.29 is 19.1 Å². The number of thioether (sulfide) groups is 1. The summed E-state index contributed by atoms with van der Waals surface area (Å²) >= 11 is 3.20. The smallest absolute Gasteiger partial charge is 0.285 e. The number of allylic oxidation sites excluding steroid dienone is 4. The highest BCUT2D eigenvalue weighted by Gasteiger charge is 2.35. The lowest BCUT2D eigenvalue weighted by atomic mass is 9.99. The largest absolute Gasteiger partial charge is 0.488 e. The number of aryl methyl sites for hydroxylation is 1. The first kappa shape index (κ1) is 36.3. The van der Waals surface area contributed by atoms with Crippen LogP contribution in [0.25, 0.3) is 6.08 Å². The van der Waals surface area contributed by atoms with Gasteiger partial charge in [-0.05, 0) is 83.0 Å². The molecule has 1 N–H and O–H groups in total. The van der Waals surface area contributed by atoms with Gasteiger partial charge in [0.05, 0.1) is 15.4 Å². The van der Waals surface area contributed by atoms with Gasteiger partial charge in [0.2, 0.25) is 5.91 Å². The molecule has 0 bridgehead atoms. The summed E-state index contributed by atoms with van der Waals surface area (Å²) in [6.45, 7) is 7.98. The van der Waals surface area contributed by atoms with Gasteiger partial charge in [0.15, 0.2) is 5.17 Å². The van der Waals surface area contributed by atoms with Crippen molar-refractivity contribution >= 4 is 63.3 Å². The Bertz CT molecular complexity index is 1950. The van der Waals surface area contributed by atoms with Crippen LogP contribution >= 0.6 is 34.4 Å². The van der Waals surface area contributed by atoms with Gasteiger partial charge in [-0.25, -0.2) is 0 Å². The molecule has 4 aromatic rings. The molecule has 1 aliphatic rings. The Labute approximate surface area is 310 Å². The number of aliphatic imine (C=N–C) groups is 1. The third-order valence-electron chi connectivity index (χ3n) is 7.69. The number of ether oxygens (including phenoxy) is 1. The lowest BCUT2D eigenvalue weighted by molar-refractivity contribution is -0.126. The molecule has 1 heterocycles.